The highest BCUT2D eigenvalue weighted by Gasteiger charge is 2.46. The van der Waals surface area contributed by atoms with Gasteiger partial charge in [0.05, 0.1) is 6.54 Å². The Morgan fingerprint density at radius 1 is 1.25 bits per heavy atom. The van der Waals surface area contributed by atoms with Crippen molar-refractivity contribution in [3.05, 3.63) is 29.8 Å². The number of ether oxygens (including phenoxy) is 1. The summed E-state index contributed by atoms with van der Waals surface area (Å²) in [7, 11) is 0. The number of rotatable bonds is 6. The first kappa shape index (κ1) is 16.8. The van der Waals surface area contributed by atoms with Gasteiger partial charge < -0.3 is 14.7 Å². The normalized spacial score (nSPS) is 21.8. The smallest absolute Gasteiger partial charge is 0.327 e. The number of carbonyl (C=O) groups excluding carboxylic acids is 2. The summed E-state index contributed by atoms with van der Waals surface area (Å²) in [5.74, 6) is 0.480. The van der Waals surface area contributed by atoms with Crippen LogP contribution in [0, 0.1) is 0 Å². The van der Waals surface area contributed by atoms with Gasteiger partial charge in [0.15, 0.2) is 0 Å². The van der Waals surface area contributed by atoms with Crippen LogP contribution in [0.1, 0.15) is 31.7 Å². The fourth-order valence-corrected chi connectivity index (χ4v) is 3.29. The first-order valence-electron chi connectivity index (χ1n) is 8.62. The van der Waals surface area contributed by atoms with E-state index in [1.54, 1.807) is 4.90 Å². The number of hydrogen-bond donors (Lipinski definition) is 1. The van der Waals surface area contributed by atoms with Gasteiger partial charge in [-0.05, 0) is 43.4 Å². The van der Waals surface area contributed by atoms with Crippen LogP contribution in [-0.4, -0.2) is 58.7 Å². The molecule has 0 spiro atoms. The number of aliphatic hydroxyl groups excluding tert-OH is 1. The number of nitrogens with zero attached hydrogens (tertiary/aromatic N) is 2. The zero-order valence-corrected chi connectivity index (χ0v) is 14.0. The summed E-state index contributed by atoms with van der Waals surface area (Å²) in [6.07, 6.45) is 2.68. The van der Waals surface area contributed by atoms with Crippen LogP contribution < -0.4 is 4.74 Å². The lowest BCUT2D eigenvalue weighted by atomic mass is 10.0. The lowest BCUT2D eigenvalue weighted by Crippen LogP contribution is -2.40. The Hall–Kier alpha value is -2.08. The van der Waals surface area contributed by atoms with Crippen LogP contribution >= 0.6 is 0 Å². The van der Waals surface area contributed by atoms with Crippen LogP contribution in [0.25, 0.3) is 0 Å². The zero-order valence-electron chi connectivity index (χ0n) is 14.0. The molecular formula is C18H24N2O4. The predicted octanol–water partition coefficient (Wildman–Crippen LogP) is 1.81. The molecule has 2 saturated heterocycles. The topological polar surface area (TPSA) is 70.1 Å². The molecule has 6 nitrogen and oxygen atoms in total. The van der Waals surface area contributed by atoms with Gasteiger partial charge in [-0.15, -0.1) is 0 Å². The van der Waals surface area contributed by atoms with Crippen molar-refractivity contribution in [3.63, 3.8) is 0 Å². The minimum Gasteiger partial charge on any atom is -0.491 e. The van der Waals surface area contributed by atoms with Crippen LogP contribution in [0.2, 0.25) is 0 Å². The van der Waals surface area contributed by atoms with Crippen molar-refractivity contribution in [2.24, 2.45) is 0 Å². The fraction of sp³-hybridized carbons (Fsp3) is 0.556. The average Bonchev–Trinajstić information content (AvgIpc) is 2.86. The van der Waals surface area contributed by atoms with Gasteiger partial charge in [-0.2, -0.15) is 0 Å². The molecule has 130 valence electrons. The number of fused-ring (bicyclic) bond motifs is 1. The minimum absolute atomic E-state index is 0.0162. The first-order chi connectivity index (χ1) is 11.6. The van der Waals surface area contributed by atoms with Crippen LogP contribution in [-0.2, 0) is 11.2 Å². The van der Waals surface area contributed by atoms with Gasteiger partial charge in [0.25, 0.3) is 5.91 Å². The minimum atomic E-state index is -0.898. The molecule has 1 N–H and O–H groups in total. The first-order valence-corrected chi connectivity index (χ1v) is 8.62. The van der Waals surface area contributed by atoms with Gasteiger partial charge in [0.1, 0.15) is 24.5 Å². The molecule has 0 aliphatic carbocycles. The standard InChI is InChI=1S/C18H24N2O4/c1-2-13-6-8-15(9-7-13)24-12-14(21)11-20-17(22)16-5-3-4-10-19(16)18(20)23/h6-9,14,16,21H,2-5,10-12H2,1H3/t14-,16-/m0/s1. The maximum absolute atomic E-state index is 12.3. The van der Waals surface area contributed by atoms with Crippen LogP contribution in [0.15, 0.2) is 24.3 Å². The van der Waals surface area contributed by atoms with E-state index in [2.05, 4.69) is 6.92 Å². The summed E-state index contributed by atoms with van der Waals surface area (Å²) < 4.78 is 5.55. The number of benzene rings is 1. The molecule has 6 heteroatoms. The van der Waals surface area contributed by atoms with Gasteiger partial charge in [0.2, 0.25) is 0 Å². The van der Waals surface area contributed by atoms with E-state index in [4.69, 9.17) is 4.74 Å². The molecule has 1 aromatic carbocycles. The number of aryl methyl sites for hydroxylation is 1. The highest BCUT2D eigenvalue weighted by molar-refractivity contribution is 6.04. The molecule has 2 heterocycles. The predicted molar refractivity (Wildman–Crippen MR) is 88.8 cm³/mol. The third kappa shape index (κ3) is 3.38. The van der Waals surface area contributed by atoms with Gasteiger partial charge in [-0.1, -0.05) is 19.1 Å². The Kier molecular flexibility index (Phi) is 5.04. The SMILES string of the molecule is CCc1ccc(OC[C@@H](O)CN2C(=O)[C@@H]3CCCCN3C2=O)cc1. The van der Waals surface area contributed by atoms with E-state index in [1.165, 1.54) is 10.5 Å². The summed E-state index contributed by atoms with van der Waals surface area (Å²) in [4.78, 5) is 27.5. The second kappa shape index (κ2) is 7.21. The van der Waals surface area contributed by atoms with Gasteiger partial charge >= 0.3 is 6.03 Å². The van der Waals surface area contributed by atoms with Gasteiger partial charge in [0, 0.05) is 6.54 Å². The van der Waals surface area contributed by atoms with E-state index in [0.717, 1.165) is 25.7 Å². The summed E-state index contributed by atoms with van der Waals surface area (Å²) >= 11 is 0. The lowest BCUT2D eigenvalue weighted by Gasteiger charge is -2.26. The molecule has 3 amide bonds. The molecule has 2 fully saturated rings. The number of hydrogen-bond acceptors (Lipinski definition) is 4. The van der Waals surface area contributed by atoms with Crippen molar-refractivity contribution < 1.29 is 19.4 Å². The Balaban J connectivity index is 1.53. The molecule has 3 rings (SSSR count). The van der Waals surface area contributed by atoms with Gasteiger partial charge in [-0.3, -0.25) is 9.69 Å². The highest BCUT2D eigenvalue weighted by Crippen LogP contribution is 2.26. The van der Waals surface area contributed by atoms with E-state index >= 15 is 0 Å². The maximum Gasteiger partial charge on any atom is 0.327 e. The molecule has 0 radical (unpaired) electrons. The number of piperidine rings is 1. The quantitative estimate of drug-likeness (QED) is 0.807. The van der Waals surface area contributed by atoms with E-state index in [0.29, 0.717) is 12.3 Å². The van der Waals surface area contributed by atoms with E-state index in [-0.39, 0.29) is 31.1 Å². The summed E-state index contributed by atoms with van der Waals surface area (Å²) in [6.45, 7) is 2.74. The molecular weight excluding hydrogens is 308 g/mol. The third-order valence-corrected chi connectivity index (χ3v) is 4.70. The van der Waals surface area contributed by atoms with Crippen molar-refractivity contribution in [1.82, 2.24) is 9.80 Å². The van der Waals surface area contributed by atoms with Crippen molar-refractivity contribution in [1.29, 1.82) is 0 Å². The van der Waals surface area contributed by atoms with Crippen LogP contribution in [0.4, 0.5) is 4.79 Å². The maximum atomic E-state index is 12.3. The molecule has 1 aromatic rings. The molecule has 2 atom stereocenters. The van der Waals surface area contributed by atoms with Crippen LogP contribution in [0.3, 0.4) is 0 Å². The van der Waals surface area contributed by atoms with Gasteiger partial charge in [-0.25, -0.2) is 4.79 Å². The fourth-order valence-electron chi connectivity index (χ4n) is 3.29. The van der Waals surface area contributed by atoms with E-state index in [9.17, 15) is 14.7 Å². The largest absolute Gasteiger partial charge is 0.491 e. The summed E-state index contributed by atoms with van der Waals surface area (Å²) in [6, 6.07) is 7.06. The summed E-state index contributed by atoms with van der Waals surface area (Å²) in [5, 5.41) is 10.2. The molecule has 0 saturated carbocycles. The second-order valence-electron chi connectivity index (χ2n) is 6.40. The van der Waals surface area contributed by atoms with Crippen molar-refractivity contribution in [2.75, 3.05) is 19.7 Å². The molecule has 24 heavy (non-hydrogen) atoms. The Labute approximate surface area is 142 Å². The summed E-state index contributed by atoms with van der Waals surface area (Å²) in [5.41, 5.74) is 1.22. The van der Waals surface area contributed by atoms with Crippen molar-refractivity contribution in [2.45, 2.75) is 44.8 Å². The van der Waals surface area contributed by atoms with E-state index in [1.807, 2.05) is 24.3 Å². The molecule has 0 bridgehead atoms. The third-order valence-electron chi connectivity index (χ3n) is 4.70. The number of β-amino-alcohol motifs (C(OH)–C–C–N with tert-alkyl or cyclic N) is 1. The second-order valence-corrected chi connectivity index (χ2v) is 6.40. The number of carbonyl (C=O) groups is 2. The number of aliphatic hydroxyl groups is 1. The van der Waals surface area contributed by atoms with Crippen molar-refractivity contribution >= 4 is 11.9 Å². The lowest BCUT2D eigenvalue weighted by molar-refractivity contribution is -0.129. The molecule has 0 unspecified atom stereocenters. The number of imide groups is 1. The Morgan fingerprint density at radius 2 is 2.00 bits per heavy atom. The molecule has 0 aromatic heterocycles. The average molecular weight is 332 g/mol. The number of urea groups is 1. The monoisotopic (exact) mass is 332 g/mol. The zero-order chi connectivity index (χ0) is 17.1. The van der Waals surface area contributed by atoms with Crippen LogP contribution in [0.5, 0.6) is 5.75 Å². The van der Waals surface area contributed by atoms with E-state index < -0.39 is 6.10 Å². The Morgan fingerprint density at radius 3 is 2.67 bits per heavy atom. The molecule has 2 aliphatic rings. The van der Waals surface area contributed by atoms with Crippen molar-refractivity contribution in [3.8, 4) is 5.75 Å². The Bertz CT molecular complexity index is 578. The molecule has 2 aliphatic heterocycles. The number of amides is 3. The highest BCUT2D eigenvalue weighted by atomic mass is 16.5.